The van der Waals surface area contributed by atoms with Gasteiger partial charge in [-0.1, -0.05) is 72.8 Å². The second kappa shape index (κ2) is 8.93. The highest BCUT2D eigenvalue weighted by molar-refractivity contribution is 8.23. The van der Waals surface area contributed by atoms with Gasteiger partial charge in [0.25, 0.3) is 5.56 Å². The molecule has 2 aromatic heterocycles. The van der Waals surface area contributed by atoms with Crippen LogP contribution in [0, 0.1) is 0 Å². The van der Waals surface area contributed by atoms with E-state index in [0.29, 0.717) is 17.4 Å². The smallest absolute Gasteiger partial charge is 0.266 e. The fourth-order valence-corrected chi connectivity index (χ4v) is 5.84. The van der Waals surface area contributed by atoms with Gasteiger partial charge in [0.15, 0.2) is 16.7 Å². The van der Waals surface area contributed by atoms with Crippen LogP contribution in [0.25, 0.3) is 10.9 Å². The van der Waals surface area contributed by atoms with Crippen molar-refractivity contribution in [2.75, 3.05) is 5.32 Å². The van der Waals surface area contributed by atoms with Gasteiger partial charge in [0, 0.05) is 5.39 Å². The zero-order valence-corrected chi connectivity index (χ0v) is 20.3. The quantitative estimate of drug-likeness (QED) is 0.265. The van der Waals surface area contributed by atoms with Crippen molar-refractivity contribution in [2.45, 2.75) is 18.1 Å². The molecular weight excluding hydrogens is 490 g/mol. The number of hydrogen-bond acceptors (Lipinski definition) is 7. The zero-order chi connectivity index (χ0) is 25.6. The van der Waals surface area contributed by atoms with Crippen LogP contribution in [0.5, 0.6) is 5.75 Å². The third-order valence-corrected chi connectivity index (χ3v) is 7.65. The Hall–Kier alpha value is -4.38. The van der Waals surface area contributed by atoms with Crippen molar-refractivity contribution >= 4 is 33.3 Å². The van der Waals surface area contributed by atoms with Gasteiger partial charge in [-0.25, -0.2) is 4.98 Å². The van der Waals surface area contributed by atoms with Crippen molar-refractivity contribution in [1.29, 1.82) is 0 Å². The van der Waals surface area contributed by atoms with Crippen molar-refractivity contribution in [1.82, 2.24) is 14.1 Å². The molecule has 0 spiro atoms. The van der Waals surface area contributed by atoms with Crippen LogP contribution in [0.3, 0.4) is 0 Å². The molecule has 10 heteroatoms. The van der Waals surface area contributed by atoms with E-state index in [0.717, 1.165) is 11.1 Å². The molecule has 0 aliphatic carbocycles. The van der Waals surface area contributed by atoms with E-state index < -0.39 is 16.3 Å². The number of benzene rings is 3. The molecule has 0 saturated carbocycles. The summed E-state index contributed by atoms with van der Waals surface area (Å²) < 4.78 is 29.4. The molecule has 0 bridgehead atoms. The Bertz CT molecular complexity index is 1710. The van der Waals surface area contributed by atoms with Crippen molar-refractivity contribution < 1.29 is 14.2 Å². The summed E-state index contributed by atoms with van der Waals surface area (Å²) in [6, 6.07) is 26.0. The second-order valence-corrected chi connectivity index (χ2v) is 10.3. The van der Waals surface area contributed by atoms with Gasteiger partial charge in [0.1, 0.15) is 11.3 Å². The predicted octanol–water partition coefficient (Wildman–Crippen LogP) is 4.90. The predicted molar refractivity (Wildman–Crippen MR) is 144 cm³/mol. The van der Waals surface area contributed by atoms with Crippen molar-refractivity contribution in [3.05, 3.63) is 118 Å². The molecule has 3 aromatic carbocycles. The number of aromatic nitrogens is 3. The van der Waals surface area contributed by atoms with Crippen molar-refractivity contribution in [3.8, 4) is 5.75 Å². The highest BCUT2D eigenvalue weighted by Gasteiger charge is 2.34. The fraction of sp³-hybridized carbons (Fsp3) is 0.0741. The molecule has 6 rings (SSSR count). The Labute approximate surface area is 213 Å². The molecule has 0 atom stereocenters. The number of imidazole rings is 1. The van der Waals surface area contributed by atoms with Crippen LogP contribution in [-0.4, -0.2) is 34.2 Å². The fourth-order valence-electron chi connectivity index (χ4n) is 4.58. The van der Waals surface area contributed by atoms with Crippen LogP contribution in [0.4, 0.5) is 5.82 Å². The lowest BCUT2D eigenvalue weighted by Crippen LogP contribution is -2.32. The summed E-state index contributed by atoms with van der Waals surface area (Å²) in [6.07, 6.45) is 1.49. The number of rotatable bonds is 5. The molecule has 0 fully saturated rings. The minimum atomic E-state index is -3.74. The lowest BCUT2D eigenvalue weighted by Gasteiger charge is -2.33. The molecule has 0 amide bonds. The average Bonchev–Trinajstić information content (AvgIpc) is 3.31. The average molecular weight is 514 g/mol. The van der Waals surface area contributed by atoms with E-state index in [1.54, 1.807) is 33.4 Å². The zero-order valence-electron chi connectivity index (χ0n) is 19.5. The van der Waals surface area contributed by atoms with E-state index in [-0.39, 0.29) is 34.5 Å². The summed E-state index contributed by atoms with van der Waals surface area (Å²) in [4.78, 5) is 18.1. The van der Waals surface area contributed by atoms with E-state index in [4.69, 9.17) is 0 Å². The Morgan fingerprint density at radius 1 is 0.838 bits per heavy atom. The normalized spacial score (nSPS) is 15.0. The molecule has 0 radical (unpaired) electrons. The number of fused-ring (bicyclic) bond motifs is 2. The van der Waals surface area contributed by atoms with Gasteiger partial charge in [0.2, 0.25) is 0 Å². The van der Waals surface area contributed by atoms with Crippen LogP contribution in [0.15, 0.2) is 105 Å². The van der Waals surface area contributed by atoms with Crippen molar-refractivity contribution in [3.63, 3.8) is 0 Å². The summed E-state index contributed by atoms with van der Waals surface area (Å²) in [7, 11) is -3.74. The van der Waals surface area contributed by atoms with Gasteiger partial charge in [-0.15, -0.1) is 4.40 Å². The number of nitrogens with one attached hydrogen (secondary N) is 1. The summed E-state index contributed by atoms with van der Waals surface area (Å²) in [6.45, 7) is 0.616. The summed E-state index contributed by atoms with van der Waals surface area (Å²) >= 11 is 0. The first kappa shape index (κ1) is 23.0. The number of hydrogen-bond donors (Lipinski definition) is 4. The van der Waals surface area contributed by atoms with Crippen LogP contribution >= 0.6 is 10.8 Å². The lowest BCUT2D eigenvalue weighted by molar-refractivity contribution is 0.475. The highest BCUT2D eigenvalue weighted by atomic mass is 32.3. The molecule has 5 aromatic rings. The molecule has 4 N–H and O–H groups in total. The first-order chi connectivity index (χ1) is 17.9. The van der Waals surface area contributed by atoms with Crippen LogP contribution in [0.1, 0.15) is 16.7 Å². The van der Waals surface area contributed by atoms with E-state index in [1.807, 2.05) is 60.7 Å². The van der Waals surface area contributed by atoms with Gasteiger partial charge in [0.05, 0.1) is 24.9 Å². The number of para-hydroxylation sites is 1. The SMILES string of the molecule is O=c1c(C2=NS(O)(O)c3c(ncn3Cc3ccccc3)N2)c(O)c2ccccc2n1Cc1ccccc1. The van der Waals surface area contributed by atoms with Gasteiger partial charge >= 0.3 is 0 Å². The maximum atomic E-state index is 13.8. The van der Waals surface area contributed by atoms with Crippen molar-refractivity contribution in [2.24, 2.45) is 4.40 Å². The Morgan fingerprint density at radius 3 is 2.16 bits per heavy atom. The molecule has 186 valence electrons. The largest absolute Gasteiger partial charge is 0.506 e. The summed E-state index contributed by atoms with van der Waals surface area (Å²) in [5.74, 6) is -0.270. The third-order valence-electron chi connectivity index (χ3n) is 6.27. The molecule has 1 aliphatic heterocycles. The molecule has 0 saturated heterocycles. The van der Waals surface area contributed by atoms with E-state index in [9.17, 15) is 19.0 Å². The molecular formula is C27H23N5O4S. The van der Waals surface area contributed by atoms with Crippen LogP contribution in [-0.2, 0) is 13.1 Å². The van der Waals surface area contributed by atoms with Crippen LogP contribution in [0.2, 0.25) is 0 Å². The maximum Gasteiger partial charge on any atom is 0.266 e. The van der Waals surface area contributed by atoms with Gasteiger partial charge in [-0.2, -0.15) is 0 Å². The van der Waals surface area contributed by atoms with Gasteiger partial charge < -0.3 is 19.6 Å². The topological polar surface area (TPSA) is 125 Å². The molecule has 9 nitrogen and oxygen atoms in total. The van der Waals surface area contributed by atoms with E-state index in [1.165, 1.54) is 6.33 Å². The summed E-state index contributed by atoms with van der Waals surface area (Å²) in [5.41, 5.74) is 1.72. The molecule has 1 aliphatic rings. The molecule has 0 unspecified atom stereocenters. The Morgan fingerprint density at radius 2 is 1.46 bits per heavy atom. The minimum Gasteiger partial charge on any atom is -0.506 e. The van der Waals surface area contributed by atoms with E-state index >= 15 is 0 Å². The molecule has 3 heterocycles. The number of pyridine rings is 1. The van der Waals surface area contributed by atoms with Gasteiger partial charge in [-0.05, 0) is 34.0 Å². The summed E-state index contributed by atoms with van der Waals surface area (Å²) in [5, 5.41) is 14.7. The first-order valence-electron chi connectivity index (χ1n) is 11.6. The Balaban J connectivity index is 1.48. The highest BCUT2D eigenvalue weighted by Crippen LogP contribution is 2.55. The number of anilines is 1. The number of amidine groups is 1. The lowest BCUT2D eigenvalue weighted by atomic mass is 10.1. The third kappa shape index (κ3) is 4.06. The van der Waals surface area contributed by atoms with E-state index in [2.05, 4.69) is 14.7 Å². The number of nitrogens with zero attached hydrogens (tertiary/aromatic N) is 4. The standard InChI is InChI=1S/C27H23N5O4S/c33-23-20-13-7-8-14-21(20)32(16-19-11-5-2-6-12-19)26(34)22(23)24-29-25-27(37(35,36)30-24)31(17-28-25)15-18-9-3-1-4-10-18/h1-14,17,33,35-36H,15-16H2,(H,29,30). The Kier molecular flexibility index (Phi) is 5.56. The monoisotopic (exact) mass is 513 g/mol. The minimum absolute atomic E-state index is 0.116. The van der Waals surface area contributed by atoms with Crippen LogP contribution < -0.4 is 10.9 Å². The second-order valence-electron chi connectivity index (χ2n) is 8.71. The first-order valence-corrected chi connectivity index (χ1v) is 13.1. The molecule has 37 heavy (non-hydrogen) atoms. The number of aromatic hydroxyl groups is 1. The van der Waals surface area contributed by atoms with Gasteiger partial charge in [-0.3, -0.25) is 13.9 Å². The maximum absolute atomic E-state index is 13.8.